The van der Waals surface area contributed by atoms with Crippen molar-refractivity contribution in [3.63, 3.8) is 0 Å². The van der Waals surface area contributed by atoms with Crippen LogP contribution in [-0.4, -0.2) is 50.2 Å². The van der Waals surface area contributed by atoms with Crippen LogP contribution in [0.25, 0.3) is 0 Å². The van der Waals surface area contributed by atoms with Gasteiger partial charge in [-0.25, -0.2) is 0 Å². The van der Waals surface area contributed by atoms with Gasteiger partial charge in [-0.3, -0.25) is 4.79 Å². The first kappa shape index (κ1) is 19.0. The van der Waals surface area contributed by atoms with Gasteiger partial charge in [-0.15, -0.1) is 0 Å². The highest BCUT2D eigenvalue weighted by molar-refractivity contribution is 5.94. The monoisotopic (exact) mass is 384 g/mol. The molecule has 0 saturated carbocycles. The molecule has 7 heteroatoms. The quantitative estimate of drug-likeness (QED) is 0.832. The minimum absolute atomic E-state index is 0.239. The molecule has 1 amide bonds. The maximum absolute atomic E-state index is 12.6. The minimum Gasteiger partial charge on any atom is -0.354 e. The number of methoxy groups -OCH3 is 1. The molecule has 28 heavy (non-hydrogen) atoms. The maximum atomic E-state index is 12.6. The van der Waals surface area contributed by atoms with E-state index in [1.807, 2.05) is 48.5 Å². The molecule has 4 rings (SSSR count). The van der Waals surface area contributed by atoms with Crippen molar-refractivity contribution in [3.8, 4) is 0 Å². The number of hydrogen-bond donors (Lipinski definition) is 2. The molecular weight excluding hydrogens is 360 g/mol. The number of benzene rings is 2. The van der Waals surface area contributed by atoms with Crippen LogP contribution in [0.15, 0.2) is 60.7 Å². The number of rotatable bonds is 4. The van der Waals surface area contributed by atoms with Crippen molar-refractivity contribution < 1.29 is 23.7 Å². The molecule has 148 valence electrons. The third-order valence-electron chi connectivity index (χ3n) is 5.09. The standard InChI is InChI=1S/C21H24N2O5/c1-25-21-17(23-19(24)13-8-4-2-5-9-13)16(22)18-15(27-21)12-26-20(28-18)14-10-6-3-7-11-14/h2-11,15-18,20-21H,12,22H2,1H3,(H,23,24)/t15-,16-,17-,18-,20-,21-/m1/s1. The van der Waals surface area contributed by atoms with Crippen LogP contribution in [0.2, 0.25) is 0 Å². The van der Waals surface area contributed by atoms with Gasteiger partial charge in [-0.05, 0) is 12.1 Å². The molecule has 2 aromatic rings. The van der Waals surface area contributed by atoms with Gasteiger partial charge in [-0.2, -0.15) is 0 Å². The first-order chi connectivity index (χ1) is 13.7. The van der Waals surface area contributed by atoms with Crippen molar-refractivity contribution in [2.45, 2.75) is 36.9 Å². The lowest BCUT2D eigenvalue weighted by atomic mass is 9.93. The van der Waals surface area contributed by atoms with Crippen LogP contribution in [0.4, 0.5) is 0 Å². The second-order valence-electron chi connectivity index (χ2n) is 6.90. The number of hydrogen-bond acceptors (Lipinski definition) is 6. The summed E-state index contributed by atoms with van der Waals surface area (Å²) in [4.78, 5) is 12.6. The largest absolute Gasteiger partial charge is 0.354 e. The van der Waals surface area contributed by atoms with Gasteiger partial charge in [0.05, 0.1) is 18.7 Å². The smallest absolute Gasteiger partial charge is 0.251 e. The molecule has 0 spiro atoms. The van der Waals surface area contributed by atoms with Crippen LogP contribution in [0, 0.1) is 0 Å². The number of fused-ring (bicyclic) bond motifs is 1. The number of nitrogens with two attached hydrogens (primary N) is 1. The third kappa shape index (κ3) is 3.80. The van der Waals surface area contributed by atoms with Crippen molar-refractivity contribution >= 4 is 5.91 Å². The number of carbonyl (C=O) groups excluding carboxylic acids is 1. The van der Waals surface area contributed by atoms with E-state index in [4.69, 9.17) is 24.7 Å². The van der Waals surface area contributed by atoms with Crippen molar-refractivity contribution in [3.05, 3.63) is 71.8 Å². The first-order valence-electron chi connectivity index (χ1n) is 9.29. The molecule has 2 saturated heterocycles. The Morgan fingerprint density at radius 2 is 1.75 bits per heavy atom. The fourth-order valence-corrected chi connectivity index (χ4v) is 3.62. The number of amides is 1. The van der Waals surface area contributed by atoms with Gasteiger partial charge >= 0.3 is 0 Å². The Hall–Kier alpha value is -2.29. The molecule has 2 fully saturated rings. The zero-order valence-corrected chi connectivity index (χ0v) is 15.6. The highest BCUT2D eigenvalue weighted by Gasteiger charge is 2.49. The molecule has 3 N–H and O–H groups in total. The Labute approximate surface area is 163 Å². The average molecular weight is 384 g/mol. The van der Waals surface area contributed by atoms with Crippen molar-refractivity contribution in [2.75, 3.05) is 13.7 Å². The summed E-state index contributed by atoms with van der Waals surface area (Å²) < 4.78 is 23.4. The van der Waals surface area contributed by atoms with Gasteiger partial charge in [0.1, 0.15) is 12.2 Å². The van der Waals surface area contributed by atoms with E-state index in [1.54, 1.807) is 12.1 Å². The average Bonchev–Trinajstić information content (AvgIpc) is 2.76. The fourth-order valence-electron chi connectivity index (χ4n) is 3.62. The predicted molar refractivity (Wildman–Crippen MR) is 101 cm³/mol. The van der Waals surface area contributed by atoms with Gasteiger partial charge < -0.3 is 30.0 Å². The van der Waals surface area contributed by atoms with Gasteiger partial charge in [0, 0.05) is 18.2 Å². The van der Waals surface area contributed by atoms with E-state index in [0.29, 0.717) is 12.2 Å². The van der Waals surface area contributed by atoms with E-state index >= 15 is 0 Å². The third-order valence-corrected chi connectivity index (χ3v) is 5.09. The van der Waals surface area contributed by atoms with Crippen LogP contribution in [-0.2, 0) is 18.9 Å². The molecule has 0 aliphatic carbocycles. The molecule has 2 aromatic carbocycles. The molecule has 0 radical (unpaired) electrons. The molecule has 7 nitrogen and oxygen atoms in total. The molecule has 2 aliphatic heterocycles. The molecule has 2 heterocycles. The lowest BCUT2D eigenvalue weighted by Crippen LogP contribution is -2.69. The lowest BCUT2D eigenvalue weighted by molar-refractivity contribution is -0.322. The Morgan fingerprint density at radius 3 is 2.43 bits per heavy atom. The van der Waals surface area contributed by atoms with E-state index in [-0.39, 0.29) is 12.0 Å². The molecule has 0 bridgehead atoms. The summed E-state index contributed by atoms with van der Waals surface area (Å²) in [5, 5.41) is 2.94. The number of nitrogens with one attached hydrogen (secondary N) is 1. The Bertz CT molecular complexity index is 788. The summed E-state index contributed by atoms with van der Waals surface area (Å²) >= 11 is 0. The Kier molecular flexibility index (Phi) is 5.70. The highest BCUT2D eigenvalue weighted by atomic mass is 16.7. The minimum atomic E-state index is -0.690. The summed E-state index contributed by atoms with van der Waals surface area (Å²) in [5.74, 6) is -0.239. The zero-order chi connectivity index (χ0) is 19.5. The Morgan fingerprint density at radius 1 is 1.07 bits per heavy atom. The van der Waals surface area contributed by atoms with Crippen LogP contribution in [0.5, 0.6) is 0 Å². The summed E-state index contributed by atoms with van der Waals surface area (Å²) in [6.45, 7) is 0.330. The highest BCUT2D eigenvalue weighted by Crippen LogP contribution is 2.33. The number of ether oxygens (including phenoxy) is 4. The van der Waals surface area contributed by atoms with Crippen LogP contribution < -0.4 is 11.1 Å². The summed E-state index contributed by atoms with van der Waals surface area (Å²) in [6.07, 6.45) is -2.03. The van der Waals surface area contributed by atoms with E-state index < -0.39 is 30.8 Å². The molecule has 2 aliphatic rings. The van der Waals surface area contributed by atoms with E-state index in [1.165, 1.54) is 7.11 Å². The molecule has 0 unspecified atom stereocenters. The fraction of sp³-hybridized carbons (Fsp3) is 0.381. The van der Waals surface area contributed by atoms with Crippen molar-refractivity contribution in [1.29, 1.82) is 0 Å². The topological polar surface area (TPSA) is 92.0 Å². The van der Waals surface area contributed by atoms with Gasteiger partial charge in [0.2, 0.25) is 0 Å². The van der Waals surface area contributed by atoms with Gasteiger partial charge in [0.25, 0.3) is 5.91 Å². The molecule has 6 atom stereocenters. The van der Waals surface area contributed by atoms with Crippen molar-refractivity contribution in [1.82, 2.24) is 5.32 Å². The van der Waals surface area contributed by atoms with Gasteiger partial charge in [-0.1, -0.05) is 48.5 Å². The van der Waals surface area contributed by atoms with Crippen LogP contribution in [0.3, 0.4) is 0 Å². The molecular formula is C21H24N2O5. The van der Waals surface area contributed by atoms with Gasteiger partial charge in [0.15, 0.2) is 12.6 Å². The predicted octanol–water partition coefficient (Wildman–Crippen LogP) is 1.60. The SMILES string of the molecule is CO[C@@H]1O[C@@H]2CO[C@@H](c3ccccc3)O[C@H]2[C@H](N)[C@H]1NC(=O)c1ccccc1. The van der Waals surface area contributed by atoms with Crippen molar-refractivity contribution in [2.24, 2.45) is 5.73 Å². The van der Waals surface area contributed by atoms with Crippen LogP contribution in [0.1, 0.15) is 22.2 Å². The van der Waals surface area contributed by atoms with Crippen LogP contribution >= 0.6 is 0 Å². The first-order valence-corrected chi connectivity index (χ1v) is 9.29. The molecule has 0 aromatic heterocycles. The second kappa shape index (κ2) is 8.38. The number of carbonyl (C=O) groups is 1. The van der Waals surface area contributed by atoms with E-state index in [2.05, 4.69) is 5.32 Å². The summed E-state index contributed by atoms with van der Waals surface area (Å²) in [6, 6.07) is 17.5. The Balaban J connectivity index is 1.50. The maximum Gasteiger partial charge on any atom is 0.251 e. The van der Waals surface area contributed by atoms with E-state index in [9.17, 15) is 4.79 Å². The normalized spacial score (nSPS) is 32.4. The summed E-state index contributed by atoms with van der Waals surface area (Å²) in [5.41, 5.74) is 7.96. The lowest BCUT2D eigenvalue weighted by Gasteiger charge is -2.48. The summed E-state index contributed by atoms with van der Waals surface area (Å²) in [7, 11) is 1.52. The van der Waals surface area contributed by atoms with E-state index in [0.717, 1.165) is 5.56 Å². The zero-order valence-electron chi connectivity index (χ0n) is 15.6. The second-order valence-corrected chi connectivity index (χ2v) is 6.90.